The third-order valence-electron chi connectivity index (χ3n) is 2.25. The van der Waals surface area contributed by atoms with Crippen molar-refractivity contribution >= 4 is 28.1 Å². The van der Waals surface area contributed by atoms with Crippen molar-refractivity contribution in [1.82, 2.24) is 9.97 Å². The third kappa shape index (κ3) is 3.96. The van der Waals surface area contributed by atoms with E-state index in [1.54, 1.807) is 7.11 Å². The highest BCUT2D eigenvalue weighted by Crippen LogP contribution is 2.17. The second kappa shape index (κ2) is 7.14. The van der Waals surface area contributed by atoms with Crippen LogP contribution in [0.2, 0.25) is 0 Å². The summed E-state index contributed by atoms with van der Waals surface area (Å²) in [6.45, 7) is 2.90. The molecular formula is C11H17BrN2OS. The van der Waals surface area contributed by atoms with Gasteiger partial charge in [-0.15, -0.1) is 0 Å². The van der Waals surface area contributed by atoms with Crippen molar-refractivity contribution in [3.05, 3.63) is 20.6 Å². The molecule has 0 saturated heterocycles. The van der Waals surface area contributed by atoms with E-state index in [1.165, 1.54) is 0 Å². The van der Waals surface area contributed by atoms with Crippen molar-refractivity contribution in [3.63, 3.8) is 0 Å². The first-order valence-corrected chi connectivity index (χ1v) is 6.65. The molecule has 0 radical (unpaired) electrons. The van der Waals surface area contributed by atoms with E-state index >= 15 is 0 Å². The molecule has 1 rings (SSSR count). The summed E-state index contributed by atoms with van der Waals surface area (Å²) in [6.07, 6.45) is 3.92. The van der Waals surface area contributed by atoms with Gasteiger partial charge in [0.05, 0.1) is 4.47 Å². The highest BCUT2D eigenvalue weighted by Gasteiger charge is 2.05. The Labute approximate surface area is 110 Å². The van der Waals surface area contributed by atoms with Crippen molar-refractivity contribution < 1.29 is 4.74 Å². The highest BCUT2D eigenvalue weighted by molar-refractivity contribution is 9.10. The van der Waals surface area contributed by atoms with Crippen LogP contribution >= 0.6 is 28.1 Å². The number of hydrogen-bond acceptors (Lipinski definition) is 3. The number of rotatable bonds is 6. The molecule has 0 aliphatic heterocycles. The molecule has 3 nitrogen and oxygen atoms in total. The van der Waals surface area contributed by atoms with Gasteiger partial charge in [-0.05, 0) is 28.8 Å². The smallest absolute Gasteiger partial charge is 0.144 e. The van der Waals surface area contributed by atoms with E-state index in [-0.39, 0.29) is 0 Å². The van der Waals surface area contributed by atoms with Crippen molar-refractivity contribution in [3.8, 4) is 0 Å². The Balaban J connectivity index is 2.82. The zero-order valence-corrected chi connectivity index (χ0v) is 12.1. The Hall–Kier alpha value is -0.260. The van der Waals surface area contributed by atoms with E-state index in [9.17, 15) is 0 Å². The standard InChI is InChI=1S/C11H17BrN2OS/c1-3-5-8-10(12)11(16)14-9(13-8)6-4-7-15-2/h3-7H2,1-2H3,(H,13,14,16). The molecule has 5 heteroatoms. The lowest BCUT2D eigenvalue weighted by atomic mass is 10.2. The molecule has 90 valence electrons. The summed E-state index contributed by atoms with van der Waals surface area (Å²) in [5, 5.41) is 0. The summed E-state index contributed by atoms with van der Waals surface area (Å²) in [6, 6.07) is 0. The van der Waals surface area contributed by atoms with E-state index in [0.717, 1.165) is 48.3 Å². The van der Waals surface area contributed by atoms with Crippen LogP contribution in [0.5, 0.6) is 0 Å². The SMILES string of the molecule is CCCc1[nH]c(CCCOC)nc(=S)c1Br. The number of aryl methyl sites for hydroxylation is 2. The van der Waals surface area contributed by atoms with Gasteiger partial charge < -0.3 is 9.72 Å². The number of halogens is 1. The van der Waals surface area contributed by atoms with Crippen LogP contribution in [0.15, 0.2) is 4.47 Å². The maximum atomic E-state index is 5.21. The summed E-state index contributed by atoms with van der Waals surface area (Å²) < 4.78 is 6.60. The summed E-state index contributed by atoms with van der Waals surface area (Å²) in [4.78, 5) is 7.68. The molecule has 0 amide bonds. The zero-order valence-electron chi connectivity index (χ0n) is 9.68. The molecule has 0 fully saturated rings. The van der Waals surface area contributed by atoms with Gasteiger partial charge in [0.2, 0.25) is 0 Å². The van der Waals surface area contributed by atoms with Crippen LogP contribution in [0.25, 0.3) is 0 Å². The first kappa shape index (κ1) is 13.8. The lowest BCUT2D eigenvalue weighted by molar-refractivity contribution is 0.194. The second-order valence-corrected chi connectivity index (χ2v) is 4.81. The van der Waals surface area contributed by atoms with E-state index in [4.69, 9.17) is 17.0 Å². The van der Waals surface area contributed by atoms with Crippen LogP contribution in [0.1, 0.15) is 31.3 Å². The first-order valence-electron chi connectivity index (χ1n) is 5.45. The van der Waals surface area contributed by atoms with Crippen molar-refractivity contribution in [2.24, 2.45) is 0 Å². The van der Waals surface area contributed by atoms with Gasteiger partial charge in [-0.25, -0.2) is 4.98 Å². The molecule has 0 atom stereocenters. The number of nitrogens with zero attached hydrogens (tertiary/aromatic N) is 1. The van der Waals surface area contributed by atoms with Gasteiger partial charge in [0.25, 0.3) is 0 Å². The fourth-order valence-electron chi connectivity index (χ4n) is 1.48. The van der Waals surface area contributed by atoms with Gasteiger partial charge in [-0.2, -0.15) is 0 Å². The minimum Gasteiger partial charge on any atom is -0.385 e. The van der Waals surface area contributed by atoms with Gasteiger partial charge >= 0.3 is 0 Å². The fourth-order valence-corrected chi connectivity index (χ4v) is 2.10. The van der Waals surface area contributed by atoms with Gasteiger partial charge in [-0.1, -0.05) is 25.6 Å². The van der Waals surface area contributed by atoms with Crippen LogP contribution in [0.3, 0.4) is 0 Å². The summed E-state index contributed by atoms with van der Waals surface area (Å²) in [5.74, 6) is 0.953. The van der Waals surface area contributed by atoms with Crippen molar-refractivity contribution in [2.75, 3.05) is 13.7 Å². The Morgan fingerprint density at radius 1 is 1.44 bits per heavy atom. The number of methoxy groups -OCH3 is 1. The van der Waals surface area contributed by atoms with Crippen LogP contribution in [-0.2, 0) is 17.6 Å². The molecule has 1 aromatic rings. The minimum atomic E-state index is 0.648. The molecule has 1 aromatic heterocycles. The van der Waals surface area contributed by atoms with Gasteiger partial charge in [0, 0.05) is 25.8 Å². The highest BCUT2D eigenvalue weighted by atomic mass is 79.9. The maximum absolute atomic E-state index is 5.21. The number of aromatic nitrogens is 2. The van der Waals surface area contributed by atoms with Crippen LogP contribution in [0, 0.1) is 4.64 Å². The molecule has 0 saturated carbocycles. The van der Waals surface area contributed by atoms with Crippen molar-refractivity contribution in [1.29, 1.82) is 0 Å². The molecule has 0 aromatic carbocycles. The Morgan fingerprint density at radius 2 is 2.19 bits per heavy atom. The van der Waals surface area contributed by atoms with E-state index in [0.29, 0.717) is 4.64 Å². The third-order valence-corrected chi connectivity index (χ3v) is 3.66. The molecule has 0 spiro atoms. The predicted octanol–water partition coefficient (Wildman–Crippen LogP) is 3.43. The molecule has 0 unspecified atom stereocenters. The van der Waals surface area contributed by atoms with E-state index in [2.05, 4.69) is 32.8 Å². The molecule has 16 heavy (non-hydrogen) atoms. The number of ether oxygens (including phenoxy) is 1. The molecule has 0 aliphatic carbocycles. The van der Waals surface area contributed by atoms with Crippen molar-refractivity contribution in [2.45, 2.75) is 32.6 Å². The Kier molecular flexibility index (Phi) is 6.16. The first-order chi connectivity index (χ1) is 7.69. The van der Waals surface area contributed by atoms with Crippen LogP contribution in [0.4, 0.5) is 0 Å². The van der Waals surface area contributed by atoms with Gasteiger partial charge in [0.1, 0.15) is 10.5 Å². The lowest BCUT2D eigenvalue weighted by Crippen LogP contribution is -2.03. The van der Waals surface area contributed by atoms with Gasteiger partial charge in [0.15, 0.2) is 0 Å². The molecular weight excluding hydrogens is 288 g/mol. The number of nitrogens with one attached hydrogen (secondary N) is 1. The zero-order chi connectivity index (χ0) is 12.0. The average molecular weight is 305 g/mol. The molecule has 0 aliphatic rings. The maximum Gasteiger partial charge on any atom is 0.144 e. The summed E-state index contributed by atoms with van der Waals surface area (Å²) in [7, 11) is 1.71. The molecule has 1 N–H and O–H groups in total. The summed E-state index contributed by atoms with van der Waals surface area (Å²) in [5.41, 5.74) is 1.15. The van der Waals surface area contributed by atoms with Crippen LogP contribution < -0.4 is 0 Å². The lowest BCUT2D eigenvalue weighted by Gasteiger charge is -2.07. The molecule has 1 heterocycles. The minimum absolute atomic E-state index is 0.648. The fraction of sp³-hybridized carbons (Fsp3) is 0.636. The number of aromatic amines is 1. The predicted molar refractivity (Wildman–Crippen MR) is 71.3 cm³/mol. The summed E-state index contributed by atoms with van der Waals surface area (Å²) >= 11 is 8.69. The molecule has 0 bridgehead atoms. The Morgan fingerprint density at radius 3 is 2.81 bits per heavy atom. The van der Waals surface area contributed by atoms with Crippen LogP contribution in [-0.4, -0.2) is 23.7 Å². The van der Waals surface area contributed by atoms with E-state index < -0.39 is 0 Å². The monoisotopic (exact) mass is 304 g/mol. The number of H-pyrrole nitrogens is 1. The Bertz CT molecular complexity index is 392. The largest absolute Gasteiger partial charge is 0.385 e. The number of hydrogen-bond donors (Lipinski definition) is 1. The quantitative estimate of drug-likeness (QED) is 0.646. The second-order valence-electron chi connectivity index (χ2n) is 3.63. The normalized spacial score (nSPS) is 10.7. The average Bonchev–Trinajstić information content (AvgIpc) is 2.26. The topological polar surface area (TPSA) is 37.9 Å². The van der Waals surface area contributed by atoms with E-state index in [1.807, 2.05) is 0 Å². The van der Waals surface area contributed by atoms with Gasteiger partial charge in [-0.3, -0.25) is 0 Å².